The highest BCUT2D eigenvalue weighted by Gasteiger charge is 2.44. The van der Waals surface area contributed by atoms with Crippen LogP contribution in [0.25, 0.3) is 0 Å². The van der Waals surface area contributed by atoms with Gasteiger partial charge in [0.15, 0.2) is 0 Å². The van der Waals surface area contributed by atoms with Crippen molar-refractivity contribution in [3.63, 3.8) is 0 Å². The number of fused-ring (bicyclic) bond motifs is 1. The number of anilines is 1. The van der Waals surface area contributed by atoms with Gasteiger partial charge in [0.05, 0.1) is 12.7 Å². The van der Waals surface area contributed by atoms with Gasteiger partial charge in [0, 0.05) is 51.7 Å². The topological polar surface area (TPSA) is 52.6 Å². The molecule has 1 amide bonds. The van der Waals surface area contributed by atoms with Gasteiger partial charge in [-0.05, 0) is 43.9 Å². The number of hydrogen-bond donors (Lipinski definition) is 0. The van der Waals surface area contributed by atoms with Crippen LogP contribution in [0, 0.1) is 11.8 Å². The van der Waals surface area contributed by atoms with Gasteiger partial charge in [-0.15, -0.1) is 0 Å². The minimum atomic E-state index is 0.332. The Balaban J connectivity index is 1.35. The number of amides is 1. The van der Waals surface area contributed by atoms with E-state index in [4.69, 9.17) is 0 Å². The molecule has 1 aliphatic carbocycles. The summed E-state index contributed by atoms with van der Waals surface area (Å²) >= 11 is 0. The molecule has 3 aliphatic rings. The lowest BCUT2D eigenvalue weighted by atomic mass is 9.97. The zero-order valence-corrected chi connectivity index (χ0v) is 15.2. The van der Waals surface area contributed by atoms with Crippen LogP contribution in [0.5, 0.6) is 0 Å². The Bertz CT molecular complexity index is 589. The molecule has 1 saturated carbocycles. The molecule has 0 spiro atoms. The van der Waals surface area contributed by atoms with Crippen LogP contribution in [0.15, 0.2) is 18.6 Å². The van der Waals surface area contributed by atoms with E-state index in [0.29, 0.717) is 24.4 Å². The number of carbonyl (C=O) groups is 1. The van der Waals surface area contributed by atoms with Gasteiger partial charge < -0.3 is 9.80 Å². The third-order valence-corrected chi connectivity index (χ3v) is 6.37. The Labute approximate surface area is 150 Å². The maximum Gasteiger partial charge on any atom is 0.236 e. The first-order valence-corrected chi connectivity index (χ1v) is 9.71. The quantitative estimate of drug-likeness (QED) is 0.832. The van der Waals surface area contributed by atoms with Crippen LogP contribution < -0.4 is 4.90 Å². The van der Waals surface area contributed by atoms with Crippen molar-refractivity contribution in [3.8, 4) is 0 Å². The second-order valence-corrected chi connectivity index (χ2v) is 7.88. The van der Waals surface area contributed by atoms with Crippen LogP contribution in [-0.4, -0.2) is 71.5 Å². The number of aromatic nitrogens is 2. The minimum absolute atomic E-state index is 0.332. The highest BCUT2D eigenvalue weighted by Crippen LogP contribution is 2.41. The van der Waals surface area contributed by atoms with E-state index < -0.39 is 0 Å². The van der Waals surface area contributed by atoms with Crippen LogP contribution in [0.1, 0.15) is 32.1 Å². The molecule has 4 rings (SSSR count). The van der Waals surface area contributed by atoms with Gasteiger partial charge in [-0.1, -0.05) is 0 Å². The van der Waals surface area contributed by atoms with Crippen molar-refractivity contribution in [3.05, 3.63) is 18.6 Å². The maximum absolute atomic E-state index is 12.6. The summed E-state index contributed by atoms with van der Waals surface area (Å²) in [4.78, 5) is 28.0. The minimum Gasteiger partial charge on any atom is -0.355 e. The van der Waals surface area contributed by atoms with Crippen LogP contribution in [0.2, 0.25) is 0 Å². The summed E-state index contributed by atoms with van der Waals surface area (Å²) in [6, 6.07) is 0.511. The number of likely N-dealkylation sites (tertiary alicyclic amines) is 2. The summed E-state index contributed by atoms with van der Waals surface area (Å²) < 4.78 is 0. The Morgan fingerprint density at radius 2 is 2.04 bits per heavy atom. The Morgan fingerprint density at radius 3 is 2.80 bits per heavy atom. The van der Waals surface area contributed by atoms with E-state index in [1.54, 1.807) is 12.4 Å². The van der Waals surface area contributed by atoms with Crippen molar-refractivity contribution < 1.29 is 4.79 Å². The van der Waals surface area contributed by atoms with Gasteiger partial charge in [-0.2, -0.15) is 0 Å². The predicted molar refractivity (Wildman–Crippen MR) is 97.3 cm³/mol. The van der Waals surface area contributed by atoms with Gasteiger partial charge >= 0.3 is 0 Å². The molecule has 1 aromatic rings. The van der Waals surface area contributed by atoms with E-state index in [1.165, 1.54) is 32.1 Å². The molecule has 6 heteroatoms. The maximum atomic E-state index is 12.6. The van der Waals surface area contributed by atoms with Gasteiger partial charge in [-0.3, -0.25) is 14.7 Å². The van der Waals surface area contributed by atoms with Gasteiger partial charge in [0.25, 0.3) is 0 Å². The molecule has 3 atom stereocenters. The zero-order chi connectivity index (χ0) is 17.2. The number of piperidine rings is 1. The molecule has 3 heterocycles. The monoisotopic (exact) mass is 343 g/mol. The average molecular weight is 343 g/mol. The fourth-order valence-corrected chi connectivity index (χ4v) is 5.02. The van der Waals surface area contributed by atoms with Crippen molar-refractivity contribution in [2.75, 3.05) is 44.7 Å². The second kappa shape index (κ2) is 7.28. The fourth-order valence-electron chi connectivity index (χ4n) is 5.02. The number of rotatable bonds is 4. The van der Waals surface area contributed by atoms with Crippen molar-refractivity contribution >= 4 is 11.7 Å². The molecule has 0 unspecified atom stereocenters. The number of carbonyl (C=O) groups excluding carboxylic acids is 1. The van der Waals surface area contributed by atoms with Crippen LogP contribution in [0.4, 0.5) is 5.82 Å². The standard InChI is InChI=1S/C19H29N5O/c1-22(18-11-20-7-8-21-18)17-6-5-15-12-23(13-16(15)17)14-19(25)24-9-3-2-4-10-24/h7-8,11,15-17H,2-6,9-10,12-14H2,1H3/t15-,16+,17-/m1/s1. The van der Waals surface area contributed by atoms with Crippen molar-refractivity contribution in [2.45, 2.75) is 38.1 Å². The molecular weight excluding hydrogens is 314 g/mol. The molecule has 25 heavy (non-hydrogen) atoms. The van der Waals surface area contributed by atoms with Gasteiger partial charge in [-0.25, -0.2) is 4.98 Å². The first-order chi connectivity index (χ1) is 12.2. The summed E-state index contributed by atoms with van der Waals surface area (Å²) in [5, 5.41) is 0. The highest BCUT2D eigenvalue weighted by atomic mass is 16.2. The summed E-state index contributed by atoms with van der Waals surface area (Å²) in [6.45, 7) is 4.64. The molecule has 136 valence electrons. The van der Waals surface area contributed by atoms with E-state index in [2.05, 4.69) is 31.7 Å². The number of nitrogens with zero attached hydrogens (tertiary/aromatic N) is 5. The SMILES string of the molecule is CN(c1cnccn1)[C@@H]1CC[C@@H]2CN(CC(=O)N3CCCCC3)C[C@@H]21. The second-order valence-electron chi connectivity index (χ2n) is 7.88. The van der Waals surface area contributed by atoms with E-state index in [0.717, 1.165) is 37.9 Å². The van der Waals surface area contributed by atoms with E-state index >= 15 is 0 Å². The third kappa shape index (κ3) is 3.50. The van der Waals surface area contributed by atoms with Crippen LogP contribution in [-0.2, 0) is 4.79 Å². The summed E-state index contributed by atoms with van der Waals surface area (Å²) in [5.41, 5.74) is 0. The van der Waals surface area contributed by atoms with E-state index in [9.17, 15) is 4.79 Å². The molecule has 1 aromatic heterocycles. The first kappa shape index (κ1) is 16.8. The van der Waals surface area contributed by atoms with Crippen molar-refractivity contribution in [1.82, 2.24) is 19.8 Å². The first-order valence-electron chi connectivity index (χ1n) is 9.71. The molecule has 0 radical (unpaired) electrons. The Morgan fingerprint density at radius 1 is 1.20 bits per heavy atom. The average Bonchev–Trinajstić information content (AvgIpc) is 3.22. The predicted octanol–water partition coefficient (Wildman–Crippen LogP) is 1.64. The molecule has 3 fully saturated rings. The molecule has 2 saturated heterocycles. The lowest BCUT2D eigenvalue weighted by molar-refractivity contribution is -0.133. The molecule has 6 nitrogen and oxygen atoms in total. The summed E-state index contributed by atoms with van der Waals surface area (Å²) in [6.07, 6.45) is 11.4. The van der Waals surface area contributed by atoms with Crippen LogP contribution in [0.3, 0.4) is 0 Å². The molecular formula is C19H29N5O. The fraction of sp³-hybridized carbons (Fsp3) is 0.737. The highest BCUT2D eigenvalue weighted by molar-refractivity contribution is 5.78. The van der Waals surface area contributed by atoms with E-state index in [-0.39, 0.29) is 0 Å². The third-order valence-electron chi connectivity index (χ3n) is 6.37. The zero-order valence-electron chi connectivity index (χ0n) is 15.2. The Hall–Kier alpha value is -1.69. The number of hydrogen-bond acceptors (Lipinski definition) is 5. The van der Waals surface area contributed by atoms with Crippen molar-refractivity contribution in [1.29, 1.82) is 0 Å². The molecule has 0 bridgehead atoms. The lowest BCUT2D eigenvalue weighted by Gasteiger charge is -2.31. The van der Waals surface area contributed by atoms with E-state index in [1.807, 2.05) is 6.20 Å². The summed E-state index contributed by atoms with van der Waals surface area (Å²) in [7, 11) is 2.14. The van der Waals surface area contributed by atoms with Gasteiger partial charge in [0.2, 0.25) is 5.91 Å². The molecule has 2 aliphatic heterocycles. The lowest BCUT2D eigenvalue weighted by Crippen LogP contribution is -2.43. The van der Waals surface area contributed by atoms with Crippen molar-refractivity contribution in [2.24, 2.45) is 11.8 Å². The largest absolute Gasteiger partial charge is 0.355 e. The smallest absolute Gasteiger partial charge is 0.236 e. The normalized spacial score (nSPS) is 29.6. The van der Waals surface area contributed by atoms with Crippen LogP contribution >= 0.6 is 0 Å². The summed E-state index contributed by atoms with van der Waals surface area (Å²) in [5.74, 6) is 2.65. The molecule has 0 N–H and O–H groups in total. The Kier molecular flexibility index (Phi) is 4.88. The van der Waals surface area contributed by atoms with Gasteiger partial charge in [0.1, 0.15) is 5.82 Å². The molecule has 0 aromatic carbocycles.